The zero-order valence-corrected chi connectivity index (χ0v) is 23.2. The number of nitrogens with one attached hydrogen (secondary N) is 1. The Balaban J connectivity index is 1.34. The van der Waals surface area contributed by atoms with Crippen LogP contribution in [0.2, 0.25) is 0 Å². The monoisotopic (exact) mass is 604 g/mol. The van der Waals surface area contributed by atoms with Gasteiger partial charge in [0.1, 0.15) is 0 Å². The Hall–Kier alpha value is -3.45. The summed E-state index contributed by atoms with van der Waals surface area (Å²) in [6.07, 6.45) is -4.16. The van der Waals surface area contributed by atoms with Gasteiger partial charge in [0.25, 0.3) is 0 Å². The predicted octanol–water partition coefficient (Wildman–Crippen LogP) is 4.86. The normalized spacial score (nSPS) is 29.9. The average molecular weight is 605 g/mol. The Morgan fingerprint density at radius 1 is 1.00 bits per heavy atom. The molecular weight excluding hydrogens is 581 g/mol. The maximum absolute atomic E-state index is 13.9. The van der Waals surface area contributed by atoms with Crippen molar-refractivity contribution in [2.75, 3.05) is 19.1 Å². The molecule has 3 fully saturated rings. The molecular formula is C28H23F3N2O6S2. The fraction of sp³-hybridized carbons (Fsp3) is 0.393. The van der Waals surface area contributed by atoms with Crippen molar-refractivity contribution in [1.29, 1.82) is 0 Å². The molecule has 2 bridgehead atoms. The van der Waals surface area contributed by atoms with Crippen LogP contribution in [0.1, 0.15) is 28.3 Å². The van der Waals surface area contributed by atoms with E-state index < -0.39 is 41.1 Å². The van der Waals surface area contributed by atoms with Gasteiger partial charge in [0.15, 0.2) is 11.5 Å². The summed E-state index contributed by atoms with van der Waals surface area (Å²) < 4.78 is 52.4. The third-order valence-corrected chi connectivity index (χ3v) is 11.6. The molecule has 2 aromatic carbocycles. The molecule has 3 heterocycles. The first-order chi connectivity index (χ1) is 19.5. The molecule has 41 heavy (non-hydrogen) atoms. The first-order valence-electron chi connectivity index (χ1n) is 12.9. The van der Waals surface area contributed by atoms with Gasteiger partial charge < -0.3 is 19.6 Å². The van der Waals surface area contributed by atoms with Gasteiger partial charge in [0.2, 0.25) is 17.6 Å². The third-order valence-electron chi connectivity index (χ3n) is 9.04. The molecule has 2 aliphatic heterocycles. The fourth-order valence-corrected chi connectivity index (χ4v) is 10.5. The number of imide groups is 1. The van der Waals surface area contributed by atoms with E-state index in [4.69, 9.17) is 9.47 Å². The van der Waals surface area contributed by atoms with E-state index >= 15 is 0 Å². The summed E-state index contributed by atoms with van der Waals surface area (Å²) in [7, 11) is 2.83. The second-order valence-corrected chi connectivity index (χ2v) is 13.0. The number of thiazole rings is 1. The number of amides is 2. The van der Waals surface area contributed by atoms with Gasteiger partial charge in [-0.3, -0.25) is 14.4 Å². The Labute approximate surface area is 239 Å². The number of anilines is 1. The number of fused-ring (bicyclic) bond motifs is 9. The molecule has 1 aromatic heterocycles. The van der Waals surface area contributed by atoms with Crippen molar-refractivity contribution in [1.82, 2.24) is 4.98 Å². The summed E-state index contributed by atoms with van der Waals surface area (Å²) in [5.41, 5.74) is -0.752. The van der Waals surface area contributed by atoms with Crippen molar-refractivity contribution in [2.24, 2.45) is 29.6 Å². The van der Waals surface area contributed by atoms with E-state index in [0.717, 1.165) is 27.2 Å². The summed E-state index contributed by atoms with van der Waals surface area (Å²) in [5, 5.41) is 11.0. The van der Waals surface area contributed by atoms with Gasteiger partial charge in [-0.1, -0.05) is 23.5 Å². The Morgan fingerprint density at radius 2 is 1.63 bits per heavy atom. The van der Waals surface area contributed by atoms with Crippen molar-refractivity contribution in [2.45, 2.75) is 28.8 Å². The van der Waals surface area contributed by atoms with Crippen molar-refractivity contribution < 1.29 is 37.3 Å². The van der Waals surface area contributed by atoms with Gasteiger partial charge in [-0.2, -0.15) is 13.2 Å². The number of halogens is 3. The summed E-state index contributed by atoms with van der Waals surface area (Å²) in [4.78, 5) is 44.3. The molecule has 2 N–H and O–H groups in total. The van der Waals surface area contributed by atoms with Crippen molar-refractivity contribution in [3.8, 4) is 17.2 Å². The van der Waals surface area contributed by atoms with Crippen molar-refractivity contribution >= 4 is 40.6 Å². The number of nitrogens with zero attached hydrogens (tertiary/aromatic N) is 1. The lowest BCUT2D eigenvalue weighted by Gasteiger charge is -2.43. The van der Waals surface area contributed by atoms with E-state index in [9.17, 15) is 32.7 Å². The molecule has 0 spiro atoms. The molecule has 2 saturated carbocycles. The number of carbonyl (C=O) groups excluding carboxylic acids is 2. The van der Waals surface area contributed by atoms with Crippen LogP contribution in [0.3, 0.4) is 0 Å². The maximum Gasteiger partial charge on any atom is 0.418 e. The fourth-order valence-electron chi connectivity index (χ4n) is 7.63. The van der Waals surface area contributed by atoms with E-state index in [-0.39, 0.29) is 51.0 Å². The van der Waals surface area contributed by atoms with E-state index in [1.54, 1.807) is 12.1 Å². The number of rotatable bonds is 4. The van der Waals surface area contributed by atoms with Crippen molar-refractivity contribution in [3.63, 3.8) is 0 Å². The molecule has 1 saturated heterocycles. The molecule has 8 nitrogen and oxygen atoms in total. The standard InChI is InChI=1S/C28H23F3N2O6S2/c1-38-15-7-10(8-16(39-2)21(15)34)17-18-11-9-12(22(18)40-24-23(17)41-27(37)32-24)20-19(11)25(35)33(26(20)36)14-6-4-3-5-13(14)28(29,30)31/h3-8,11-12,17-20,22,34H,9H2,1-2H3,(H,32,37)/t11?,12?,17-,18?,19?,20?,22?/m1/s1. The van der Waals surface area contributed by atoms with E-state index in [2.05, 4.69) is 4.98 Å². The number of aromatic amines is 1. The van der Waals surface area contributed by atoms with Gasteiger partial charge >= 0.3 is 11.0 Å². The van der Waals surface area contributed by atoms with E-state index in [1.807, 2.05) is 0 Å². The molecule has 13 heteroatoms. The van der Waals surface area contributed by atoms with Crippen LogP contribution >= 0.6 is 23.1 Å². The van der Waals surface area contributed by atoms with Gasteiger partial charge in [0.05, 0.1) is 42.3 Å². The lowest BCUT2D eigenvalue weighted by atomic mass is 9.68. The highest BCUT2D eigenvalue weighted by atomic mass is 32.2. The van der Waals surface area contributed by atoms with Crippen LogP contribution in [-0.4, -0.2) is 41.4 Å². The lowest BCUT2D eigenvalue weighted by molar-refractivity contribution is -0.137. The molecule has 2 aliphatic carbocycles. The van der Waals surface area contributed by atoms with Crippen LogP contribution in [-0.2, 0) is 15.8 Å². The molecule has 0 radical (unpaired) electrons. The molecule has 2 amide bonds. The van der Waals surface area contributed by atoms with Gasteiger partial charge in [0, 0.05) is 16.0 Å². The van der Waals surface area contributed by atoms with Gasteiger partial charge in [-0.05, 0) is 54.0 Å². The van der Waals surface area contributed by atoms with Crippen LogP contribution in [0, 0.1) is 29.6 Å². The third kappa shape index (κ3) is 3.64. The zero-order valence-electron chi connectivity index (χ0n) is 21.6. The maximum atomic E-state index is 13.9. The Morgan fingerprint density at radius 3 is 2.27 bits per heavy atom. The second kappa shape index (κ2) is 9.02. The van der Waals surface area contributed by atoms with E-state index in [1.165, 1.54) is 44.2 Å². The quantitative estimate of drug-likeness (QED) is 0.410. The highest BCUT2D eigenvalue weighted by Crippen LogP contribution is 2.69. The van der Waals surface area contributed by atoms with Crippen LogP contribution in [0.25, 0.3) is 0 Å². The summed E-state index contributed by atoms with van der Waals surface area (Å²) in [5.74, 6) is -3.68. The van der Waals surface area contributed by atoms with E-state index in [0.29, 0.717) is 17.0 Å². The molecule has 214 valence electrons. The van der Waals surface area contributed by atoms with Crippen LogP contribution in [0.4, 0.5) is 18.9 Å². The summed E-state index contributed by atoms with van der Waals surface area (Å²) in [6, 6.07) is 8.03. The number of H-pyrrole nitrogens is 1. The summed E-state index contributed by atoms with van der Waals surface area (Å²) >= 11 is 2.54. The number of thioether (sulfide) groups is 1. The molecule has 6 unspecified atom stereocenters. The van der Waals surface area contributed by atoms with Crippen LogP contribution < -0.4 is 19.2 Å². The van der Waals surface area contributed by atoms with Crippen LogP contribution in [0.15, 0.2) is 46.2 Å². The number of benzene rings is 2. The Kier molecular flexibility index (Phi) is 5.82. The minimum atomic E-state index is -4.74. The predicted molar refractivity (Wildman–Crippen MR) is 144 cm³/mol. The minimum Gasteiger partial charge on any atom is -0.502 e. The SMILES string of the molecule is COc1cc([C@H]2c3sc(=O)[nH]c3SC3C4CC(C5C(=O)N(c6ccccc6C(F)(F)F)C(=O)C45)C32)cc(OC)c1O. The summed E-state index contributed by atoms with van der Waals surface area (Å²) in [6.45, 7) is 0. The topological polar surface area (TPSA) is 109 Å². The number of phenolic OH excluding ortho intramolecular Hbond substituents is 1. The number of alkyl halides is 3. The number of aromatic nitrogens is 1. The highest BCUT2D eigenvalue weighted by molar-refractivity contribution is 8.00. The number of ether oxygens (including phenoxy) is 2. The number of phenols is 1. The first kappa shape index (κ1) is 26.4. The zero-order chi connectivity index (χ0) is 29.0. The van der Waals surface area contributed by atoms with Crippen molar-refractivity contribution in [3.05, 3.63) is 62.1 Å². The van der Waals surface area contributed by atoms with Crippen LogP contribution in [0.5, 0.6) is 17.2 Å². The number of methoxy groups -OCH3 is 2. The Bertz CT molecular complexity index is 1640. The molecule has 3 aromatic rings. The number of hydrogen-bond donors (Lipinski definition) is 2. The molecule has 7 atom stereocenters. The van der Waals surface area contributed by atoms with Gasteiger partial charge in [-0.15, -0.1) is 11.8 Å². The number of para-hydroxylation sites is 1. The smallest absolute Gasteiger partial charge is 0.418 e. The van der Waals surface area contributed by atoms with Gasteiger partial charge in [-0.25, -0.2) is 4.90 Å². The lowest BCUT2D eigenvalue weighted by Crippen LogP contribution is -2.42. The number of hydrogen-bond acceptors (Lipinski definition) is 8. The average Bonchev–Trinajstić information content (AvgIpc) is 3.67. The molecule has 4 aliphatic rings. The second-order valence-electron chi connectivity index (χ2n) is 10.8. The first-order valence-corrected chi connectivity index (χ1v) is 14.6. The largest absolute Gasteiger partial charge is 0.502 e. The number of carbonyl (C=O) groups is 2. The molecule has 7 rings (SSSR count). The highest BCUT2D eigenvalue weighted by Gasteiger charge is 2.70. The number of aromatic hydroxyl groups is 1. The minimum absolute atomic E-state index is 0.163.